The predicted octanol–water partition coefficient (Wildman–Crippen LogP) is 3.68. The molecule has 0 saturated heterocycles. The van der Waals surface area contributed by atoms with Gasteiger partial charge in [0.25, 0.3) is 5.56 Å². The average molecular weight is 467 g/mol. The summed E-state index contributed by atoms with van der Waals surface area (Å²) in [6, 6.07) is 19.3. The summed E-state index contributed by atoms with van der Waals surface area (Å²) in [6.07, 6.45) is 0. The van der Waals surface area contributed by atoms with Gasteiger partial charge in [0.05, 0.1) is 17.1 Å². The van der Waals surface area contributed by atoms with Gasteiger partial charge in [-0.05, 0) is 24.6 Å². The van der Waals surface area contributed by atoms with Gasteiger partial charge in [-0.25, -0.2) is 4.68 Å². The number of nitrogens with zero attached hydrogens (tertiary/aromatic N) is 4. The first-order valence-corrected chi connectivity index (χ1v) is 11.7. The van der Waals surface area contributed by atoms with E-state index in [-0.39, 0.29) is 22.9 Å². The molecular formula is C22H22N6O2S2. The van der Waals surface area contributed by atoms with Gasteiger partial charge >= 0.3 is 0 Å². The molecule has 0 aliphatic rings. The van der Waals surface area contributed by atoms with Crippen molar-refractivity contribution in [2.24, 2.45) is 7.05 Å². The monoisotopic (exact) mass is 466 g/mol. The molecule has 4 aromatic rings. The van der Waals surface area contributed by atoms with Gasteiger partial charge in [0.15, 0.2) is 4.34 Å². The van der Waals surface area contributed by atoms with Gasteiger partial charge in [0, 0.05) is 13.6 Å². The van der Waals surface area contributed by atoms with Gasteiger partial charge in [-0.15, -0.1) is 10.2 Å². The number of carbonyl (C=O) groups is 1. The third-order valence-electron chi connectivity index (χ3n) is 4.84. The maximum absolute atomic E-state index is 12.9. The number of anilines is 2. The molecule has 2 N–H and O–H groups in total. The molecule has 8 nitrogen and oxygen atoms in total. The minimum absolute atomic E-state index is 0.131. The normalized spacial score (nSPS) is 10.8. The SMILES string of the molecule is Cc1c(NC(=O)CSc2nnc(NCc3ccccc3)s2)c(=O)n(-c2ccccc2)n1C. The Hall–Kier alpha value is -3.37. The molecule has 1 amide bonds. The largest absolute Gasteiger partial charge is 0.356 e. The lowest BCUT2D eigenvalue weighted by molar-refractivity contribution is -0.113. The standard InChI is InChI=1S/C22H22N6O2S2/c1-15-19(20(30)28(27(15)2)17-11-7-4-8-12-17)24-18(29)14-31-22-26-25-21(32-22)23-13-16-9-5-3-6-10-16/h3-12H,13-14H2,1-2H3,(H,23,25)(H,24,29). The minimum atomic E-state index is -0.269. The van der Waals surface area contributed by atoms with Gasteiger partial charge < -0.3 is 10.6 Å². The molecule has 0 unspecified atom stereocenters. The summed E-state index contributed by atoms with van der Waals surface area (Å²) in [5, 5.41) is 14.9. The summed E-state index contributed by atoms with van der Waals surface area (Å²) < 4.78 is 3.95. The fourth-order valence-electron chi connectivity index (χ4n) is 3.13. The lowest BCUT2D eigenvalue weighted by Gasteiger charge is -2.07. The second-order valence-electron chi connectivity index (χ2n) is 6.99. The van der Waals surface area contributed by atoms with E-state index in [9.17, 15) is 9.59 Å². The number of rotatable bonds is 8. The molecule has 0 radical (unpaired) electrons. The third-order valence-corrected chi connectivity index (χ3v) is 6.85. The van der Waals surface area contributed by atoms with Crippen LogP contribution in [0.1, 0.15) is 11.3 Å². The van der Waals surface area contributed by atoms with Gasteiger partial charge in [-0.1, -0.05) is 71.6 Å². The number of amides is 1. The zero-order valence-electron chi connectivity index (χ0n) is 17.6. The Labute approximate surface area is 193 Å². The zero-order chi connectivity index (χ0) is 22.5. The van der Waals surface area contributed by atoms with Gasteiger partial charge in [-0.2, -0.15) is 0 Å². The molecule has 2 aromatic heterocycles. The van der Waals surface area contributed by atoms with E-state index in [1.165, 1.54) is 27.8 Å². The summed E-state index contributed by atoms with van der Waals surface area (Å²) >= 11 is 2.68. The van der Waals surface area contributed by atoms with E-state index >= 15 is 0 Å². The first-order chi connectivity index (χ1) is 15.5. The maximum atomic E-state index is 12.9. The number of benzene rings is 2. The van der Waals surface area contributed by atoms with Crippen LogP contribution < -0.4 is 16.2 Å². The van der Waals surface area contributed by atoms with Crippen LogP contribution >= 0.6 is 23.1 Å². The number of thioether (sulfide) groups is 1. The second kappa shape index (κ2) is 9.84. The molecule has 0 aliphatic heterocycles. The highest BCUT2D eigenvalue weighted by Gasteiger charge is 2.18. The topological polar surface area (TPSA) is 93.8 Å². The molecule has 4 rings (SSSR count). The summed E-state index contributed by atoms with van der Waals surface area (Å²) in [7, 11) is 1.79. The van der Waals surface area contributed by atoms with Crippen LogP contribution in [0.3, 0.4) is 0 Å². The summed E-state index contributed by atoms with van der Waals surface area (Å²) in [4.78, 5) is 25.4. The van der Waals surface area contributed by atoms with E-state index in [4.69, 9.17) is 0 Å². The Kier molecular flexibility index (Phi) is 6.72. The molecule has 164 valence electrons. The van der Waals surface area contributed by atoms with Gasteiger partial charge in [-0.3, -0.25) is 14.3 Å². The van der Waals surface area contributed by atoms with E-state index in [1.807, 2.05) is 60.7 Å². The predicted molar refractivity (Wildman–Crippen MR) is 129 cm³/mol. The van der Waals surface area contributed by atoms with Crippen LogP contribution in [-0.2, 0) is 18.4 Å². The van der Waals surface area contributed by atoms with Crippen molar-refractivity contribution in [3.8, 4) is 5.69 Å². The van der Waals surface area contributed by atoms with Crippen molar-refractivity contribution in [1.82, 2.24) is 19.6 Å². The summed E-state index contributed by atoms with van der Waals surface area (Å²) in [5.41, 5.74) is 2.58. The zero-order valence-corrected chi connectivity index (χ0v) is 19.2. The Morgan fingerprint density at radius 2 is 1.75 bits per heavy atom. The maximum Gasteiger partial charge on any atom is 0.295 e. The molecule has 32 heavy (non-hydrogen) atoms. The molecule has 2 aromatic carbocycles. The van der Waals surface area contributed by atoms with Crippen LogP contribution in [0, 0.1) is 6.92 Å². The molecule has 0 atom stereocenters. The Morgan fingerprint density at radius 1 is 1.06 bits per heavy atom. The number of nitrogens with one attached hydrogen (secondary N) is 2. The van der Waals surface area contributed by atoms with Crippen molar-refractivity contribution < 1.29 is 4.79 Å². The van der Waals surface area contributed by atoms with Crippen LogP contribution in [0.5, 0.6) is 0 Å². The van der Waals surface area contributed by atoms with Crippen molar-refractivity contribution in [1.29, 1.82) is 0 Å². The Balaban J connectivity index is 1.36. The first kappa shape index (κ1) is 21.8. The lowest BCUT2D eigenvalue weighted by Crippen LogP contribution is -2.23. The number of hydrogen-bond donors (Lipinski definition) is 2. The molecule has 0 aliphatic carbocycles. The molecule has 10 heteroatoms. The highest BCUT2D eigenvalue weighted by atomic mass is 32.2. The molecule has 2 heterocycles. The van der Waals surface area contributed by atoms with Crippen LogP contribution in [0.25, 0.3) is 5.69 Å². The minimum Gasteiger partial charge on any atom is -0.356 e. The van der Waals surface area contributed by atoms with Gasteiger partial charge in [0.2, 0.25) is 11.0 Å². The molecule has 0 spiro atoms. The highest BCUT2D eigenvalue weighted by Crippen LogP contribution is 2.26. The van der Waals surface area contributed by atoms with E-state index in [2.05, 4.69) is 20.8 Å². The van der Waals surface area contributed by atoms with Crippen LogP contribution in [-0.4, -0.2) is 31.2 Å². The number of hydrogen-bond acceptors (Lipinski definition) is 7. The van der Waals surface area contributed by atoms with Crippen LogP contribution in [0.15, 0.2) is 69.8 Å². The van der Waals surface area contributed by atoms with Crippen molar-refractivity contribution in [2.45, 2.75) is 17.8 Å². The van der Waals surface area contributed by atoms with E-state index in [0.717, 1.165) is 11.3 Å². The second-order valence-corrected chi connectivity index (χ2v) is 9.19. The van der Waals surface area contributed by atoms with Gasteiger partial charge in [0.1, 0.15) is 5.69 Å². The van der Waals surface area contributed by atoms with Crippen molar-refractivity contribution in [3.63, 3.8) is 0 Å². The first-order valence-electron chi connectivity index (χ1n) is 9.91. The number of aromatic nitrogens is 4. The van der Waals surface area contributed by atoms with Crippen molar-refractivity contribution >= 4 is 39.8 Å². The lowest BCUT2D eigenvalue weighted by atomic mass is 10.2. The van der Waals surface area contributed by atoms with E-state index < -0.39 is 0 Å². The van der Waals surface area contributed by atoms with Crippen LogP contribution in [0.4, 0.5) is 10.8 Å². The molecule has 0 saturated carbocycles. The van der Waals surface area contributed by atoms with Crippen molar-refractivity contribution in [2.75, 3.05) is 16.4 Å². The number of para-hydroxylation sites is 1. The summed E-state index contributed by atoms with van der Waals surface area (Å²) in [5.74, 6) is -0.137. The third kappa shape index (κ3) is 4.92. The molecular weight excluding hydrogens is 444 g/mol. The number of carbonyl (C=O) groups excluding carboxylic acids is 1. The Bertz CT molecular complexity index is 1260. The average Bonchev–Trinajstić information content (AvgIpc) is 3.36. The smallest absolute Gasteiger partial charge is 0.295 e. The fraction of sp³-hybridized carbons (Fsp3) is 0.182. The quantitative estimate of drug-likeness (QED) is 0.385. The van der Waals surface area contributed by atoms with Crippen LogP contribution in [0.2, 0.25) is 0 Å². The van der Waals surface area contributed by atoms with E-state index in [1.54, 1.807) is 18.7 Å². The molecule has 0 bridgehead atoms. The summed E-state index contributed by atoms with van der Waals surface area (Å²) in [6.45, 7) is 2.46. The van der Waals surface area contributed by atoms with Crippen molar-refractivity contribution in [3.05, 3.63) is 82.3 Å². The van der Waals surface area contributed by atoms with E-state index in [0.29, 0.717) is 21.7 Å². The molecule has 0 fully saturated rings. The highest BCUT2D eigenvalue weighted by molar-refractivity contribution is 8.01. The Morgan fingerprint density at radius 3 is 2.47 bits per heavy atom. The fourth-order valence-corrected chi connectivity index (χ4v) is 4.68.